The lowest BCUT2D eigenvalue weighted by Crippen LogP contribution is -2.23. The monoisotopic (exact) mass is 712 g/mol. The summed E-state index contributed by atoms with van der Waals surface area (Å²) in [5.74, 6) is 2.43. The van der Waals surface area contributed by atoms with Gasteiger partial charge in [-0.3, -0.25) is 4.57 Å². The molecule has 0 saturated carbocycles. The third-order valence-corrected chi connectivity index (χ3v) is 11.6. The number of ether oxygens (including phenoxy) is 1. The van der Waals surface area contributed by atoms with Crippen LogP contribution in [0.1, 0.15) is 0 Å². The lowest BCUT2D eigenvalue weighted by molar-refractivity contribution is 0.483. The van der Waals surface area contributed by atoms with Gasteiger partial charge >= 0.3 is 0 Å². The van der Waals surface area contributed by atoms with Crippen molar-refractivity contribution < 1.29 is 4.74 Å². The summed E-state index contributed by atoms with van der Waals surface area (Å²) in [6, 6.07) is 62.1. The van der Waals surface area contributed by atoms with Crippen molar-refractivity contribution in [3.05, 3.63) is 182 Å². The van der Waals surface area contributed by atoms with E-state index in [1.807, 2.05) is 23.6 Å². The van der Waals surface area contributed by atoms with Crippen LogP contribution in [-0.2, 0) is 0 Å². The quantitative estimate of drug-likeness (QED) is 0.172. The van der Waals surface area contributed by atoms with Gasteiger partial charge in [-0.2, -0.15) is 0 Å². The number of pyridine rings is 1. The van der Waals surface area contributed by atoms with Gasteiger partial charge < -0.3 is 14.5 Å². The van der Waals surface area contributed by atoms with E-state index in [0.29, 0.717) is 6.67 Å². The number of fused-ring (bicyclic) bond motifs is 7. The SMILES string of the molecule is c1ccc(-c2ccc3c(c2)c2ccc(Oc4cccc(N5CN(c6ccccc6)c6ccccc65)c4)cc2n3-c2cc3sc4ccccc4c3cn2)cc1. The standard InChI is InChI=1S/C48H32N4OS/c1-3-12-32(13-4-1)33-22-25-42-40(26-33)38-24-23-37(28-45(38)52(42)48-29-47-41(30-49-48)39-18-7-10-21-46(39)54-47)53-36-17-11-16-35(27-36)51-31-50(34-14-5-2-6-15-34)43-19-8-9-20-44(43)51/h1-30H,31H2. The lowest BCUT2D eigenvalue weighted by Gasteiger charge is -2.22. The van der Waals surface area contributed by atoms with Gasteiger partial charge in [0.15, 0.2) is 0 Å². The summed E-state index contributed by atoms with van der Waals surface area (Å²) in [5.41, 5.74) is 9.12. The Kier molecular flexibility index (Phi) is 7.03. The van der Waals surface area contributed by atoms with Gasteiger partial charge in [0.2, 0.25) is 0 Å². The summed E-state index contributed by atoms with van der Waals surface area (Å²) in [7, 11) is 0. The zero-order chi connectivity index (χ0) is 35.6. The average molecular weight is 713 g/mol. The number of rotatable bonds is 6. The molecule has 0 radical (unpaired) electrons. The molecule has 54 heavy (non-hydrogen) atoms. The van der Waals surface area contributed by atoms with Crippen molar-refractivity contribution >= 4 is 76.1 Å². The predicted molar refractivity (Wildman–Crippen MR) is 225 cm³/mol. The van der Waals surface area contributed by atoms with Crippen LogP contribution in [0.25, 0.3) is 58.9 Å². The highest BCUT2D eigenvalue weighted by molar-refractivity contribution is 7.25. The van der Waals surface area contributed by atoms with Crippen molar-refractivity contribution in [1.29, 1.82) is 0 Å². The number of nitrogens with zero attached hydrogens (tertiary/aromatic N) is 4. The van der Waals surface area contributed by atoms with Gasteiger partial charge in [-0.1, -0.05) is 91.0 Å². The van der Waals surface area contributed by atoms with Crippen LogP contribution < -0.4 is 14.5 Å². The Hall–Kier alpha value is -6.89. The number of benzene rings is 7. The van der Waals surface area contributed by atoms with Crippen molar-refractivity contribution in [3.8, 4) is 28.4 Å². The minimum absolute atomic E-state index is 0.709. The van der Waals surface area contributed by atoms with Crippen molar-refractivity contribution in [2.24, 2.45) is 0 Å². The summed E-state index contributed by atoms with van der Waals surface area (Å²) < 4.78 is 11.5. The zero-order valence-electron chi connectivity index (χ0n) is 29.1. The molecule has 0 aliphatic carbocycles. The molecule has 0 spiro atoms. The highest BCUT2D eigenvalue weighted by Gasteiger charge is 2.28. The minimum atomic E-state index is 0.709. The molecule has 0 N–H and O–H groups in total. The molecular weight excluding hydrogens is 681 g/mol. The molecule has 7 aromatic carbocycles. The summed E-state index contributed by atoms with van der Waals surface area (Å²) in [4.78, 5) is 9.78. The first-order valence-electron chi connectivity index (χ1n) is 18.1. The van der Waals surface area contributed by atoms with E-state index in [-0.39, 0.29) is 0 Å². The molecule has 3 aromatic heterocycles. The number of anilines is 4. The number of aromatic nitrogens is 2. The van der Waals surface area contributed by atoms with Crippen LogP contribution in [0.3, 0.4) is 0 Å². The van der Waals surface area contributed by atoms with E-state index in [2.05, 4.69) is 184 Å². The third kappa shape index (κ3) is 5.03. The Bertz CT molecular complexity index is 3020. The van der Waals surface area contributed by atoms with E-state index in [1.54, 1.807) is 0 Å². The van der Waals surface area contributed by atoms with Crippen molar-refractivity contribution in [3.63, 3.8) is 0 Å². The van der Waals surface area contributed by atoms with E-state index in [1.165, 1.54) is 53.7 Å². The van der Waals surface area contributed by atoms with Crippen LogP contribution >= 0.6 is 11.3 Å². The molecule has 6 heteroatoms. The Labute approximate surface area is 316 Å². The Balaban J connectivity index is 1.01. The second kappa shape index (κ2) is 12.4. The molecule has 256 valence electrons. The predicted octanol–water partition coefficient (Wildman–Crippen LogP) is 13.3. The van der Waals surface area contributed by atoms with Gasteiger partial charge in [0, 0.05) is 60.6 Å². The van der Waals surface area contributed by atoms with Crippen LogP contribution in [0.5, 0.6) is 11.5 Å². The summed E-state index contributed by atoms with van der Waals surface area (Å²) >= 11 is 1.81. The largest absolute Gasteiger partial charge is 0.457 e. The van der Waals surface area contributed by atoms with Gasteiger partial charge in [0.25, 0.3) is 0 Å². The van der Waals surface area contributed by atoms with Crippen LogP contribution in [0.2, 0.25) is 0 Å². The molecular formula is C48H32N4OS. The molecule has 11 rings (SSSR count). The molecule has 1 aliphatic heterocycles. The molecule has 0 atom stereocenters. The fraction of sp³-hybridized carbons (Fsp3) is 0.0208. The van der Waals surface area contributed by atoms with E-state index in [4.69, 9.17) is 9.72 Å². The topological polar surface area (TPSA) is 33.5 Å². The molecule has 1 aliphatic rings. The van der Waals surface area contributed by atoms with E-state index < -0.39 is 0 Å². The van der Waals surface area contributed by atoms with E-state index in [0.717, 1.165) is 39.4 Å². The number of hydrogen-bond donors (Lipinski definition) is 0. The zero-order valence-corrected chi connectivity index (χ0v) is 29.9. The van der Waals surface area contributed by atoms with Gasteiger partial charge in [0.05, 0.1) is 22.4 Å². The van der Waals surface area contributed by atoms with Crippen molar-refractivity contribution in [2.45, 2.75) is 0 Å². The van der Waals surface area contributed by atoms with Gasteiger partial charge in [-0.15, -0.1) is 11.3 Å². The maximum absolute atomic E-state index is 6.70. The van der Waals surface area contributed by atoms with E-state index >= 15 is 0 Å². The van der Waals surface area contributed by atoms with Crippen molar-refractivity contribution in [2.75, 3.05) is 16.5 Å². The molecule has 0 unspecified atom stereocenters. The maximum Gasteiger partial charge on any atom is 0.138 e. The highest BCUT2D eigenvalue weighted by Crippen LogP contribution is 2.45. The summed E-state index contributed by atoms with van der Waals surface area (Å²) in [6.07, 6.45) is 2.03. The first-order valence-corrected chi connectivity index (χ1v) is 19.0. The first kappa shape index (κ1) is 30.7. The summed E-state index contributed by atoms with van der Waals surface area (Å²) in [5, 5.41) is 4.75. The molecule has 0 bridgehead atoms. The molecule has 4 heterocycles. The maximum atomic E-state index is 6.70. The molecule has 5 nitrogen and oxygen atoms in total. The Morgan fingerprint density at radius 3 is 2.04 bits per heavy atom. The lowest BCUT2D eigenvalue weighted by atomic mass is 10.0. The normalized spacial score (nSPS) is 12.7. The number of hydrogen-bond acceptors (Lipinski definition) is 5. The van der Waals surface area contributed by atoms with Crippen LogP contribution in [0.15, 0.2) is 182 Å². The smallest absolute Gasteiger partial charge is 0.138 e. The van der Waals surface area contributed by atoms with Gasteiger partial charge in [-0.25, -0.2) is 4.98 Å². The second-order valence-corrected chi connectivity index (χ2v) is 14.8. The molecule has 10 aromatic rings. The molecule has 0 saturated heterocycles. The third-order valence-electron chi connectivity index (χ3n) is 10.5. The number of thiophene rings is 1. The first-order chi connectivity index (χ1) is 26.7. The van der Waals surface area contributed by atoms with Gasteiger partial charge in [0.1, 0.15) is 24.0 Å². The van der Waals surface area contributed by atoms with Crippen LogP contribution in [0, 0.1) is 0 Å². The van der Waals surface area contributed by atoms with Crippen LogP contribution in [-0.4, -0.2) is 16.2 Å². The highest BCUT2D eigenvalue weighted by atomic mass is 32.1. The van der Waals surface area contributed by atoms with E-state index in [9.17, 15) is 0 Å². The molecule has 0 fully saturated rings. The van der Waals surface area contributed by atoms with Gasteiger partial charge in [-0.05, 0) is 83.9 Å². The minimum Gasteiger partial charge on any atom is -0.457 e. The molecule has 0 amide bonds. The van der Waals surface area contributed by atoms with Crippen molar-refractivity contribution in [1.82, 2.24) is 9.55 Å². The fourth-order valence-corrected chi connectivity index (χ4v) is 9.08. The Morgan fingerprint density at radius 1 is 0.463 bits per heavy atom. The number of para-hydroxylation sites is 3. The fourth-order valence-electron chi connectivity index (χ4n) is 7.97. The average Bonchev–Trinajstić information content (AvgIpc) is 3.91. The Morgan fingerprint density at radius 2 is 1.19 bits per heavy atom. The second-order valence-electron chi connectivity index (χ2n) is 13.7. The van der Waals surface area contributed by atoms with Crippen LogP contribution in [0.4, 0.5) is 22.7 Å². The summed E-state index contributed by atoms with van der Waals surface area (Å²) in [6.45, 7) is 0.709.